The van der Waals surface area contributed by atoms with E-state index in [1.54, 1.807) is 6.20 Å². The van der Waals surface area contributed by atoms with E-state index in [4.69, 9.17) is 14.7 Å². The van der Waals surface area contributed by atoms with E-state index in [0.29, 0.717) is 18.8 Å². The summed E-state index contributed by atoms with van der Waals surface area (Å²) in [5.41, 5.74) is 5.18. The van der Waals surface area contributed by atoms with Crippen LogP contribution < -0.4 is 4.74 Å². The average Bonchev–Trinajstić information content (AvgIpc) is 2.83. The summed E-state index contributed by atoms with van der Waals surface area (Å²) >= 11 is 0. The molecular formula is C26H26N2O4. The molecule has 1 heterocycles. The number of aromatic nitrogens is 1. The Morgan fingerprint density at radius 3 is 2.75 bits per heavy atom. The lowest BCUT2D eigenvalue weighted by Gasteiger charge is -2.26. The first-order valence-corrected chi connectivity index (χ1v) is 10.8. The van der Waals surface area contributed by atoms with Crippen LogP contribution in [0.15, 0.2) is 78.2 Å². The van der Waals surface area contributed by atoms with Crippen LogP contribution in [0.3, 0.4) is 0 Å². The van der Waals surface area contributed by atoms with Crippen molar-refractivity contribution in [2.75, 3.05) is 13.2 Å². The van der Waals surface area contributed by atoms with Gasteiger partial charge in [-0.25, -0.2) is 4.79 Å². The summed E-state index contributed by atoms with van der Waals surface area (Å²) < 4.78 is 5.51. The minimum absolute atomic E-state index is 0.186. The Labute approximate surface area is 187 Å². The normalized spacial score (nSPS) is 15.6. The lowest BCUT2D eigenvalue weighted by atomic mass is 9.83. The molecule has 6 heteroatoms. The molecule has 0 aliphatic heterocycles. The number of carboxylic acid groups (broad SMARTS) is 1. The maximum Gasteiger partial charge on any atom is 0.341 e. The number of aliphatic carboxylic acids is 1. The zero-order valence-electron chi connectivity index (χ0n) is 17.8. The molecule has 1 N–H and O–H groups in total. The molecule has 1 aromatic heterocycles. The third-order valence-corrected chi connectivity index (χ3v) is 5.59. The van der Waals surface area contributed by atoms with Gasteiger partial charge in [0, 0.05) is 24.7 Å². The zero-order chi connectivity index (χ0) is 22.2. The van der Waals surface area contributed by atoms with Gasteiger partial charge in [0.2, 0.25) is 0 Å². The maximum absolute atomic E-state index is 10.9. The van der Waals surface area contributed by atoms with E-state index in [1.807, 2.05) is 60.8 Å². The van der Waals surface area contributed by atoms with Crippen LogP contribution in [0, 0.1) is 0 Å². The fourth-order valence-corrected chi connectivity index (χ4v) is 4.08. The number of carboxylic acids is 1. The first-order valence-electron chi connectivity index (χ1n) is 10.8. The number of rotatable bonds is 9. The molecule has 1 aliphatic carbocycles. The van der Waals surface area contributed by atoms with Crippen molar-refractivity contribution in [2.45, 2.75) is 31.6 Å². The molecule has 164 valence electrons. The quantitative estimate of drug-likeness (QED) is 0.395. The number of fused-ring (bicyclic) bond motifs is 1. The van der Waals surface area contributed by atoms with Crippen molar-refractivity contribution in [3.8, 4) is 5.75 Å². The van der Waals surface area contributed by atoms with Crippen LogP contribution in [0.5, 0.6) is 5.75 Å². The van der Waals surface area contributed by atoms with Gasteiger partial charge in [0.25, 0.3) is 0 Å². The second-order valence-corrected chi connectivity index (χ2v) is 7.83. The molecule has 6 nitrogen and oxygen atoms in total. The molecule has 1 unspecified atom stereocenters. The average molecular weight is 431 g/mol. The first-order chi connectivity index (χ1) is 15.7. The number of carbonyl (C=O) groups is 1. The molecule has 2 aromatic carbocycles. The van der Waals surface area contributed by atoms with Crippen molar-refractivity contribution in [1.82, 2.24) is 4.98 Å². The highest BCUT2D eigenvalue weighted by atomic mass is 16.6. The van der Waals surface area contributed by atoms with Gasteiger partial charge >= 0.3 is 5.97 Å². The predicted octanol–water partition coefficient (Wildman–Crippen LogP) is 4.63. The fraction of sp³-hybridized carbons (Fsp3) is 0.269. The van der Waals surface area contributed by atoms with E-state index in [1.165, 1.54) is 0 Å². The van der Waals surface area contributed by atoms with Crippen molar-refractivity contribution < 1.29 is 19.5 Å². The van der Waals surface area contributed by atoms with Gasteiger partial charge in [0.05, 0.1) is 5.71 Å². The summed E-state index contributed by atoms with van der Waals surface area (Å²) in [6.07, 6.45) is 7.10. The van der Waals surface area contributed by atoms with E-state index >= 15 is 0 Å². The van der Waals surface area contributed by atoms with E-state index < -0.39 is 5.97 Å². The number of hydrogen-bond acceptors (Lipinski definition) is 5. The SMILES string of the molecule is O=C(O)COc1cccc2c1CCCC2CO/N=C(\Cc1cccnc1)c1ccccc1. The molecule has 0 fully saturated rings. The number of ether oxygens (including phenoxy) is 1. The van der Waals surface area contributed by atoms with Crippen LogP contribution in [-0.2, 0) is 22.5 Å². The Kier molecular flexibility index (Phi) is 7.12. The molecule has 0 spiro atoms. The monoisotopic (exact) mass is 430 g/mol. The standard InChI is InChI=1S/C26H26N2O4/c29-26(30)18-31-25-13-5-11-22-21(10-4-12-23(22)25)17-32-28-24(20-8-2-1-3-9-20)15-19-7-6-14-27-16-19/h1-3,5-9,11,13-14,16,21H,4,10,12,15,17-18H2,(H,29,30)/b28-24+. The summed E-state index contributed by atoms with van der Waals surface area (Å²) in [6.45, 7) is 0.120. The summed E-state index contributed by atoms with van der Waals surface area (Å²) in [5, 5.41) is 13.5. The van der Waals surface area contributed by atoms with E-state index in [9.17, 15) is 4.79 Å². The summed E-state index contributed by atoms with van der Waals surface area (Å²) in [6, 6.07) is 19.8. The first kappa shape index (κ1) is 21.6. The number of pyridine rings is 1. The van der Waals surface area contributed by atoms with E-state index in [0.717, 1.165) is 47.2 Å². The van der Waals surface area contributed by atoms with E-state index in [2.05, 4.69) is 16.2 Å². The second-order valence-electron chi connectivity index (χ2n) is 7.83. The third-order valence-electron chi connectivity index (χ3n) is 5.59. The van der Waals surface area contributed by atoms with Crippen molar-refractivity contribution in [1.29, 1.82) is 0 Å². The molecule has 32 heavy (non-hydrogen) atoms. The van der Waals surface area contributed by atoms with Gasteiger partial charge < -0.3 is 14.7 Å². The summed E-state index contributed by atoms with van der Waals surface area (Å²) in [7, 11) is 0. The van der Waals surface area contributed by atoms with E-state index in [-0.39, 0.29) is 12.5 Å². The number of hydrogen-bond donors (Lipinski definition) is 1. The highest BCUT2D eigenvalue weighted by Gasteiger charge is 2.24. The Hall–Kier alpha value is -3.67. The second kappa shape index (κ2) is 10.6. The topological polar surface area (TPSA) is 81.0 Å². The van der Waals surface area contributed by atoms with Crippen molar-refractivity contribution in [3.63, 3.8) is 0 Å². The number of oxime groups is 1. The van der Waals surface area contributed by atoms with Gasteiger partial charge in [-0.1, -0.05) is 53.7 Å². The molecule has 0 amide bonds. The minimum Gasteiger partial charge on any atom is -0.482 e. The van der Waals surface area contributed by atoms with Crippen molar-refractivity contribution in [2.24, 2.45) is 5.16 Å². The largest absolute Gasteiger partial charge is 0.482 e. The van der Waals surface area contributed by atoms with Crippen LogP contribution in [0.2, 0.25) is 0 Å². The van der Waals surface area contributed by atoms with Gasteiger partial charge in [-0.3, -0.25) is 4.98 Å². The molecule has 4 rings (SSSR count). The van der Waals surface area contributed by atoms with Crippen LogP contribution in [0.25, 0.3) is 0 Å². The highest BCUT2D eigenvalue weighted by Crippen LogP contribution is 2.37. The van der Waals surface area contributed by atoms with Crippen molar-refractivity contribution in [3.05, 3.63) is 95.3 Å². The Balaban J connectivity index is 1.49. The fourth-order valence-electron chi connectivity index (χ4n) is 4.08. The summed E-state index contributed by atoms with van der Waals surface area (Å²) in [4.78, 5) is 21.0. The Morgan fingerprint density at radius 2 is 1.97 bits per heavy atom. The van der Waals surface area contributed by atoms with Gasteiger partial charge in [0.15, 0.2) is 6.61 Å². The lowest BCUT2D eigenvalue weighted by molar-refractivity contribution is -0.139. The lowest BCUT2D eigenvalue weighted by Crippen LogP contribution is -2.17. The Bertz CT molecular complexity index is 1070. The highest BCUT2D eigenvalue weighted by molar-refractivity contribution is 6.01. The minimum atomic E-state index is -0.977. The van der Waals surface area contributed by atoms with Crippen molar-refractivity contribution >= 4 is 11.7 Å². The molecule has 3 aromatic rings. The number of nitrogens with zero attached hydrogens (tertiary/aromatic N) is 2. The number of benzene rings is 2. The molecule has 0 saturated heterocycles. The van der Waals surface area contributed by atoms with Crippen LogP contribution >= 0.6 is 0 Å². The molecule has 0 radical (unpaired) electrons. The zero-order valence-corrected chi connectivity index (χ0v) is 17.8. The maximum atomic E-state index is 10.9. The molecular weight excluding hydrogens is 404 g/mol. The van der Waals surface area contributed by atoms with Gasteiger partial charge in [-0.05, 0) is 53.6 Å². The van der Waals surface area contributed by atoms with Crippen LogP contribution in [0.1, 0.15) is 41.0 Å². The smallest absolute Gasteiger partial charge is 0.341 e. The third kappa shape index (κ3) is 5.52. The summed E-state index contributed by atoms with van der Waals surface area (Å²) in [5.74, 6) is -0.138. The van der Waals surface area contributed by atoms with Gasteiger partial charge in [-0.15, -0.1) is 0 Å². The molecule has 1 aliphatic rings. The predicted molar refractivity (Wildman–Crippen MR) is 122 cm³/mol. The van der Waals surface area contributed by atoms with Gasteiger partial charge in [-0.2, -0.15) is 0 Å². The van der Waals surface area contributed by atoms with Gasteiger partial charge in [0.1, 0.15) is 12.4 Å². The molecule has 1 atom stereocenters. The molecule has 0 saturated carbocycles. The van der Waals surface area contributed by atoms with Crippen LogP contribution in [0.4, 0.5) is 0 Å². The molecule has 0 bridgehead atoms. The van der Waals surface area contributed by atoms with Crippen LogP contribution in [-0.4, -0.2) is 35.0 Å². The Morgan fingerprint density at radius 1 is 1.09 bits per heavy atom.